The van der Waals surface area contributed by atoms with Gasteiger partial charge in [-0.2, -0.15) is 0 Å². The molecule has 0 spiro atoms. The highest BCUT2D eigenvalue weighted by atomic mass is 19.4. The first-order chi connectivity index (χ1) is 3.56. The van der Waals surface area contributed by atoms with Crippen LogP contribution in [0, 0.1) is 6.07 Å². The molecule has 0 saturated carbocycles. The van der Waals surface area contributed by atoms with E-state index in [4.69, 9.17) is 0 Å². The molecule has 0 rings (SSSR count). The van der Waals surface area contributed by atoms with Crippen molar-refractivity contribution >= 4 is 6.98 Å². The lowest BCUT2D eigenvalue weighted by Gasteiger charge is -1.99. The fourth-order valence-corrected chi connectivity index (χ4v) is 0.195. The predicted molar refractivity (Wildman–Crippen MR) is 26.9 cm³/mol. The smallest absolute Gasteiger partial charge is 0.444 e. The highest BCUT2D eigenvalue weighted by Gasteiger charge is 2.29. The fraction of sp³-hybridized carbons (Fsp3) is 0.667. The van der Waals surface area contributed by atoms with Crippen molar-refractivity contribution in [1.82, 2.24) is 0 Å². The lowest BCUT2D eigenvalue weighted by atomic mass is 9.93. The van der Waals surface area contributed by atoms with Crippen LogP contribution in [0.2, 0.25) is 0 Å². The Morgan fingerprint density at radius 3 is 2.12 bits per heavy atom. The van der Waals surface area contributed by atoms with Gasteiger partial charge in [-0.3, -0.25) is 0 Å². The van der Waals surface area contributed by atoms with Gasteiger partial charge >= 0.3 is 6.98 Å². The van der Waals surface area contributed by atoms with E-state index < -0.39 is 13.4 Å². The summed E-state index contributed by atoms with van der Waals surface area (Å²) in [6.07, 6.45) is -1.06. The minimum atomic E-state index is -4.73. The third kappa shape index (κ3) is 5.34. The van der Waals surface area contributed by atoms with E-state index >= 15 is 0 Å². The quantitative estimate of drug-likeness (QED) is 0.467. The second-order valence-corrected chi connectivity index (χ2v) is 1.27. The Balaban J connectivity index is 3.50. The van der Waals surface area contributed by atoms with Crippen molar-refractivity contribution < 1.29 is 12.9 Å². The summed E-state index contributed by atoms with van der Waals surface area (Å²) >= 11 is 0. The molecule has 0 aliphatic heterocycles. The van der Waals surface area contributed by atoms with E-state index in [0.29, 0.717) is 0 Å². The predicted octanol–water partition coefficient (Wildman–Crippen LogP) is 1.73. The van der Waals surface area contributed by atoms with Gasteiger partial charge in [-0.05, 0) is 0 Å². The molecular formula is C3H5BF3N. The molecule has 0 N–H and O–H groups in total. The van der Waals surface area contributed by atoms with Crippen LogP contribution in [0.25, 0.3) is 4.85 Å². The Labute approximate surface area is 45.4 Å². The van der Waals surface area contributed by atoms with E-state index in [9.17, 15) is 12.9 Å². The summed E-state index contributed by atoms with van der Waals surface area (Å²) in [6.45, 7) is -3.40. The standard InChI is InChI=1S/C3H5BF3N/c1-2-8-3-4(5,6)7/h3H2,1H3. The lowest BCUT2D eigenvalue weighted by molar-refractivity contribution is 0.479. The molecule has 0 aromatic rings. The third-order valence-electron chi connectivity index (χ3n) is 0.456. The van der Waals surface area contributed by atoms with Gasteiger partial charge in [-0.15, -0.1) is 4.85 Å². The van der Waals surface area contributed by atoms with Crippen molar-refractivity contribution in [3.05, 3.63) is 4.85 Å². The molecule has 0 aliphatic carbocycles. The first-order valence-corrected chi connectivity index (χ1v) is 2.10. The largest absolute Gasteiger partial charge is 0.561 e. The lowest BCUT2D eigenvalue weighted by Crippen LogP contribution is -2.18. The van der Waals surface area contributed by atoms with Crippen molar-refractivity contribution in [1.29, 1.82) is 0 Å². The Morgan fingerprint density at radius 1 is 1.50 bits per heavy atom. The molecule has 0 unspecified atom stereocenters. The minimum Gasteiger partial charge on any atom is -0.444 e. The van der Waals surface area contributed by atoms with Gasteiger partial charge in [0.05, 0.1) is 6.92 Å². The number of hydrogen-bond donors (Lipinski definition) is 0. The Bertz CT molecular complexity index is 119. The van der Waals surface area contributed by atoms with E-state index in [1.165, 1.54) is 6.92 Å². The molecule has 0 radical (unpaired) electrons. The molecule has 0 bridgehead atoms. The van der Waals surface area contributed by atoms with E-state index in [1.807, 2.05) is 6.07 Å². The molecule has 0 amide bonds. The van der Waals surface area contributed by atoms with Crippen LogP contribution in [-0.2, 0) is 0 Å². The van der Waals surface area contributed by atoms with Crippen molar-refractivity contribution in [3.8, 4) is 6.07 Å². The van der Waals surface area contributed by atoms with E-state index in [2.05, 4.69) is 4.85 Å². The van der Waals surface area contributed by atoms with Crippen LogP contribution in [-0.4, -0.2) is 13.4 Å². The minimum absolute atomic E-state index is 1.06. The van der Waals surface area contributed by atoms with Gasteiger partial charge in [-0.25, -0.2) is 0 Å². The van der Waals surface area contributed by atoms with Gasteiger partial charge in [-0.1, -0.05) is 0 Å². The molecule has 0 saturated heterocycles. The van der Waals surface area contributed by atoms with Gasteiger partial charge in [0, 0.05) is 0 Å². The second kappa shape index (κ2) is 2.60. The van der Waals surface area contributed by atoms with Gasteiger partial charge in [0.1, 0.15) is 0 Å². The zero-order valence-electron chi connectivity index (χ0n) is 4.37. The molecule has 5 heteroatoms. The normalized spacial score (nSPS) is 10.0. The Hall–Kier alpha value is -0.655. The zero-order chi connectivity index (χ0) is 6.62. The molecule has 8 heavy (non-hydrogen) atoms. The van der Waals surface area contributed by atoms with E-state index in [1.54, 1.807) is 0 Å². The van der Waals surface area contributed by atoms with Crippen LogP contribution in [0.15, 0.2) is 0 Å². The van der Waals surface area contributed by atoms with Crippen LogP contribution in [0.3, 0.4) is 0 Å². The molecule has 0 aromatic carbocycles. The topological polar surface area (TPSA) is 4.36 Å². The van der Waals surface area contributed by atoms with Gasteiger partial charge in [0.2, 0.25) is 6.44 Å². The van der Waals surface area contributed by atoms with Crippen LogP contribution in [0.5, 0.6) is 0 Å². The molecule has 0 aromatic heterocycles. The van der Waals surface area contributed by atoms with Crippen LogP contribution in [0.4, 0.5) is 12.9 Å². The average Bonchev–Trinajstić information content (AvgIpc) is 1.59. The summed E-state index contributed by atoms with van der Waals surface area (Å²) in [6, 6.07) is 2.04. The van der Waals surface area contributed by atoms with Crippen LogP contribution >= 0.6 is 0 Å². The van der Waals surface area contributed by atoms with Crippen molar-refractivity contribution in [2.45, 2.75) is 6.92 Å². The van der Waals surface area contributed by atoms with Crippen molar-refractivity contribution in [2.24, 2.45) is 0 Å². The first-order valence-electron chi connectivity index (χ1n) is 2.10. The number of nitrogens with zero attached hydrogens (tertiary/aromatic N) is 1. The maximum Gasteiger partial charge on any atom is 0.561 e. The van der Waals surface area contributed by atoms with E-state index in [-0.39, 0.29) is 0 Å². The van der Waals surface area contributed by atoms with Gasteiger partial charge < -0.3 is 12.9 Å². The molecule has 1 nitrogen and oxygen atoms in total. The van der Waals surface area contributed by atoms with E-state index in [0.717, 1.165) is 0 Å². The second-order valence-electron chi connectivity index (χ2n) is 1.27. The summed E-state index contributed by atoms with van der Waals surface area (Å²) < 4.78 is 33.5. The van der Waals surface area contributed by atoms with Gasteiger partial charge in [0.15, 0.2) is 0 Å². The number of hydrogen-bond acceptors (Lipinski definition) is 0. The average molecular weight is 123 g/mol. The molecule has 0 fully saturated rings. The zero-order valence-corrected chi connectivity index (χ0v) is 4.37. The summed E-state index contributed by atoms with van der Waals surface area (Å²) in [5, 5.41) is 0. The maximum absolute atomic E-state index is 11.2. The summed E-state index contributed by atoms with van der Waals surface area (Å²) in [7, 11) is 0. The summed E-state index contributed by atoms with van der Waals surface area (Å²) in [5.74, 6) is 0. The monoisotopic (exact) mass is 123 g/mol. The van der Waals surface area contributed by atoms with Crippen LogP contribution < -0.4 is 0 Å². The molecular weight excluding hydrogens is 118 g/mol. The molecule has 0 atom stereocenters. The van der Waals surface area contributed by atoms with Gasteiger partial charge in [0.25, 0.3) is 6.07 Å². The fourth-order valence-electron chi connectivity index (χ4n) is 0.195. The summed E-state index contributed by atoms with van der Waals surface area (Å²) in [4.78, 5) is 2.90. The van der Waals surface area contributed by atoms with Crippen LogP contribution in [0.1, 0.15) is 6.92 Å². The number of rotatable bonds is 1. The van der Waals surface area contributed by atoms with Crippen molar-refractivity contribution in [2.75, 3.05) is 6.44 Å². The highest BCUT2D eigenvalue weighted by molar-refractivity contribution is 6.59. The molecule has 0 heterocycles. The molecule has 0 aliphatic rings. The third-order valence-corrected chi connectivity index (χ3v) is 0.456. The Morgan fingerprint density at radius 2 is 2.00 bits per heavy atom. The highest BCUT2D eigenvalue weighted by Crippen LogP contribution is 2.07. The first kappa shape index (κ1) is 7.34. The Kier molecular flexibility index (Phi) is 2.39. The maximum atomic E-state index is 11.2. The van der Waals surface area contributed by atoms with Crippen molar-refractivity contribution in [3.63, 3.8) is 0 Å². The number of halogens is 3. The SMILES string of the molecule is CC#[N+]C[B-](F)(F)F. The molecule has 46 valence electrons. The summed E-state index contributed by atoms with van der Waals surface area (Å²) in [5.41, 5.74) is 0.